The van der Waals surface area contributed by atoms with E-state index in [2.05, 4.69) is 99.5 Å². The van der Waals surface area contributed by atoms with Crippen molar-refractivity contribution in [2.45, 2.75) is 118 Å². The Morgan fingerprint density at radius 3 is 2.56 bits per heavy atom. The first-order valence-corrected chi connectivity index (χ1v) is 22.7. The maximum absolute atomic E-state index is 6.74. The predicted molar refractivity (Wildman–Crippen MR) is 218 cm³/mol. The van der Waals surface area contributed by atoms with Gasteiger partial charge in [-0.15, -0.1) is 5.10 Å². The lowest BCUT2D eigenvalue weighted by Gasteiger charge is -2.37. The average molecular weight is 847 g/mol. The first kappa shape index (κ1) is 40.4. The van der Waals surface area contributed by atoms with E-state index in [1.54, 1.807) is 6.08 Å². The Balaban J connectivity index is 1.36. The smallest absolute Gasteiger partial charge is 0.246 e. The molecule has 12 nitrogen and oxygen atoms in total. The van der Waals surface area contributed by atoms with E-state index in [9.17, 15) is 0 Å². The molecule has 0 amide bonds. The van der Waals surface area contributed by atoms with Gasteiger partial charge >= 0.3 is 0 Å². The number of pyridine rings is 1. The summed E-state index contributed by atoms with van der Waals surface area (Å²) in [5.41, 5.74) is 5.38. The van der Waals surface area contributed by atoms with Crippen LogP contribution >= 0.6 is 22.6 Å². The molecule has 0 saturated carbocycles. The molecule has 286 valence electrons. The third-order valence-corrected chi connectivity index (χ3v) is 16.0. The molecule has 1 aliphatic rings. The monoisotopic (exact) mass is 846 g/mol. The van der Waals surface area contributed by atoms with E-state index in [4.69, 9.17) is 38.9 Å². The van der Waals surface area contributed by atoms with Crippen molar-refractivity contribution in [2.75, 3.05) is 32.9 Å². The van der Waals surface area contributed by atoms with E-state index in [1.807, 2.05) is 36.5 Å². The number of likely N-dealkylation sites (N-methyl/N-ethyl adjacent to an activating group) is 1. The molecular formula is C38H59IN8O4Si. The largest absolute Gasteiger partial charge is 0.476 e. The van der Waals surface area contributed by atoms with Crippen molar-refractivity contribution < 1.29 is 18.6 Å². The Labute approximate surface area is 324 Å². The van der Waals surface area contributed by atoms with Gasteiger partial charge in [0.05, 0.1) is 62.9 Å². The maximum atomic E-state index is 6.74. The Hall–Kier alpha value is -2.79. The molecule has 5 rings (SSSR count). The molecule has 1 fully saturated rings. The second-order valence-electron chi connectivity index (χ2n) is 15.5. The molecule has 0 N–H and O–H groups in total. The van der Waals surface area contributed by atoms with Gasteiger partial charge in [0.25, 0.3) is 0 Å². The zero-order chi connectivity index (χ0) is 38.0. The van der Waals surface area contributed by atoms with Crippen molar-refractivity contribution in [3.05, 3.63) is 39.5 Å². The van der Waals surface area contributed by atoms with Gasteiger partial charge in [-0.2, -0.15) is 10.2 Å². The lowest BCUT2D eigenvalue weighted by atomic mass is 10.1. The number of rotatable bonds is 16. The van der Waals surface area contributed by atoms with E-state index >= 15 is 0 Å². The highest BCUT2D eigenvalue weighted by Crippen LogP contribution is 2.38. The maximum Gasteiger partial charge on any atom is 0.246 e. The van der Waals surface area contributed by atoms with Crippen LogP contribution in [0.2, 0.25) is 18.1 Å². The lowest BCUT2D eigenvalue weighted by molar-refractivity contribution is -0.0367. The molecular weight excluding hydrogens is 787 g/mol. The van der Waals surface area contributed by atoms with Crippen molar-refractivity contribution in [2.24, 2.45) is 7.05 Å². The van der Waals surface area contributed by atoms with Crippen molar-refractivity contribution in [3.63, 3.8) is 0 Å². The number of aryl methyl sites for hydroxylation is 2. The van der Waals surface area contributed by atoms with Crippen LogP contribution in [0, 0.1) is 10.5 Å². The number of nitrogens with zero attached hydrogens (tertiary/aromatic N) is 8. The first-order valence-electron chi connectivity index (χ1n) is 18.7. The zero-order valence-corrected chi connectivity index (χ0v) is 36.3. The van der Waals surface area contributed by atoms with Crippen molar-refractivity contribution >= 4 is 47.9 Å². The van der Waals surface area contributed by atoms with Crippen molar-refractivity contribution in [1.82, 2.24) is 39.2 Å². The SMILES string of the molecule is C=Cc1nn(C2CCCCO2)c2cnc(-c3c(C)nn(C)c3O[C@@H](C)CN(CC)Cc3c(I)c(OCC)nn3[C@@H](C)CO[Si](C)(C)C(C)(C)C)cc12. The fourth-order valence-electron chi connectivity index (χ4n) is 6.44. The number of hydrogen-bond acceptors (Lipinski definition) is 9. The highest BCUT2D eigenvalue weighted by Gasteiger charge is 2.38. The van der Waals surface area contributed by atoms with Crippen LogP contribution < -0.4 is 9.47 Å². The van der Waals surface area contributed by atoms with E-state index < -0.39 is 8.32 Å². The number of halogens is 1. The summed E-state index contributed by atoms with van der Waals surface area (Å²) in [5, 5.41) is 15.7. The van der Waals surface area contributed by atoms with Gasteiger partial charge in [0.2, 0.25) is 11.8 Å². The molecule has 0 bridgehead atoms. The molecule has 0 aliphatic carbocycles. The molecule has 1 unspecified atom stereocenters. The summed E-state index contributed by atoms with van der Waals surface area (Å²) >= 11 is 2.38. The minimum absolute atomic E-state index is 0.0490. The van der Waals surface area contributed by atoms with Gasteiger partial charge in [-0.05, 0) is 106 Å². The molecule has 3 atom stereocenters. The van der Waals surface area contributed by atoms with Crippen LogP contribution in [0.1, 0.15) is 97.1 Å². The van der Waals surface area contributed by atoms with Gasteiger partial charge in [-0.3, -0.25) is 14.6 Å². The first-order chi connectivity index (χ1) is 24.6. The Kier molecular flexibility index (Phi) is 13.0. The Morgan fingerprint density at radius 1 is 1.17 bits per heavy atom. The fourth-order valence-corrected chi connectivity index (χ4v) is 8.21. The summed E-state index contributed by atoms with van der Waals surface area (Å²) < 4.78 is 32.3. The number of aromatic nitrogens is 7. The molecule has 0 radical (unpaired) electrons. The molecule has 0 aromatic carbocycles. The molecule has 1 saturated heterocycles. The summed E-state index contributed by atoms with van der Waals surface area (Å²) in [4.78, 5) is 7.32. The predicted octanol–water partition coefficient (Wildman–Crippen LogP) is 8.55. The van der Waals surface area contributed by atoms with E-state index in [0.717, 1.165) is 75.2 Å². The summed E-state index contributed by atoms with van der Waals surface area (Å²) in [6.07, 6.45) is 6.58. The normalized spacial score (nSPS) is 16.8. The minimum Gasteiger partial charge on any atom is -0.476 e. The minimum atomic E-state index is -1.92. The summed E-state index contributed by atoms with van der Waals surface area (Å²) in [7, 11) is 0.000947. The van der Waals surface area contributed by atoms with Crippen LogP contribution in [0.25, 0.3) is 28.2 Å². The lowest BCUT2D eigenvalue weighted by Crippen LogP contribution is -2.42. The highest BCUT2D eigenvalue weighted by atomic mass is 127. The highest BCUT2D eigenvalue weighted by molar-refractivity contribution is 14.1. The van der Waals surface area contributed by atoms with Crippen LogP contribution in [0.4, 0.5) is 0 Å². The Morgan fingerprint density at radius 2 is 1.92 bits per heavy atom. The summed E-state index contributed by atoms with van der Waals surface area (Å²) in [6.45, 7) is 30.1. The van der Waals surface area contributed by atoms with Crippen LogP contribution in [-0.4, -0.2) is 86.6 Å². The molecule has 4 aromatic rings. The average Bonchev–Trinajstić information content (AvgIpc) is 3.72. The second kappa shape index (κ2) is 16.7. The van der Waals surface area contributed by atoms with Gasteiger partial charge in [0, 0.05) is 32.1 Å². The molecule has 5 heterocycles. The van der Waals surface area contributed by atoms with Crippen LogP contribution in [0.15, 0.2) is 18.8 Å². The molecule has 52 heavy (non-hydrogen) atoms. The zero-order valence-electron chi connectivity index (χ0n) is 33.1. The Bertz CT molecular complexity index is 1840. The topological polar surface area (TPSA) is 107 Å². The van der Waals surface area contributed by atoms with Crippen LogP contribution in [0.5, 0.6) is 11.8 Å². The number of hydrogen-bond donors (Lipinski definition) is 0. The van der Waals surface area contributed by atoms with Crippen LogP contribution in [0.3, 0.4) is 0 Å². The number of ether oxygens (including phenoxy) is 3. The van der Waals surface area contributed by atoms with Gasteiger partial charge in [0.15, 0.2) is 14.5 Å². The standard InChI is InChI=1S/C38H59IN8O4Si/c1-13-29-28-20-30(40-21-31(28)47(42-29)33-18-16-17-19-49-33)34-27(6)41-44(10)37(34)51-26(5)22-45(14-2)23-32-35(39)36(48-15-3)43-46(32)25(4)24-50-52(11,12)38(7,8)9/h13,20-21,25-26,33H,1,14-19,22-24H2,2-12H3/t25-,26-,33?/m0/s1. The molecule has 0 spiro atoms. The van der Waals surface area contributed by atoms with Gasteiger partial charge < -0.3 is 18.6 Å². The third kappa shape index (κ3) is 8.61. The third-order valence-electron chi connectivity index (χ3n) is 10.4. The quantitative estimate of drug-likeness (QED) is 0.0811. The van der Waals surface area contributed by atoms with Crippen molar-refractivity contribution in [3.8, 4) is 23.0 Å². The number of fused-ring (bicyclic) bond motifs is 1. The van der Waals surface area contributed by atoms with Crippen LogP contribution in [-0.2, 0) is 22.8 Å². The van der Waals surface area contributed by atoms with E-state index in [-0.39, 0.29) is 23.4 Å². The van der Waals surface area contributed by atoms with Gasteiger partial charge in [-0.1, -0.05) is 34.3 Å². The molecule has 14 heteroatoms. The second-order valence-corrected chi connectivity index (χ2v) is 21.3. The van der Waals surface area contributed by atoms with Gasteiger partial charge in [-0.25, -0.2) is 9.36 Å². The van der Waals surface area contributed by atoms with Crippen molar-refractivity contribution in [1.29, 1.82) is 0 Å². The van der Waals surface area contributed by atoms with E-state index in [0.29, 0.717) is 38.1 Å². The molecule has 1 aliphatic heterocycles. The fraction of sp³-hybridized carbons (Fsp3) is 0.632. The summed E-state index contributed by atoms with van der Waals surface area (Å²) in [6, 6.07) is 2.13. The van der Waals surface area contributed by atoms with E-state index in [1.165, 1.54) is 0 Å². The summed E-state index contributed by atoms with van der Waals surface area (Å²) in [5.74, 6) is 1.36. The van der Waals surface area contributed by atoms with Gasteiger partial charge in [0.1, 0.15) is 6.10 Å². The molecule has 4 aromatic heterocycles.